The second kappa shape index (κ2) is 4.01. The van der Waals surface area contributed by atoms with Gasteiger partial charge in [0.1, 0.15) is 0 Å². The van der Waals surface area contributed by atoms with Gasteiger partial charge in [0.05, 0.1) is 19.0 Å². The zero-order chi connectivity index (χ0) is 9.90. The van der Waals surface area contributed by atoms with Crippen LogP contribution in [0.4, 0.5) is 8.78 Å². The molecule has 0 bridgehead atoms. The van der Waals surface area contributed by atoms with E-state index in [1.54, 1.807) is 4.90 Å². The summed E-state index contributed by atoms with van der Waals surface area (Å²) < 4.78 is 25.6. The van der Waals surface area contributed by atoms with Crippen molar-refractivity contribution in [3.63, 3.8) is 0 Å². The molecule has 13 heavy (non-hydrogen) atoms. The molecule has 4 heteroatoms. The van der Waals surface area contributed by atoms with E-state index < -0.39 is 5.92 Å². The van der Waals surface area contributed by atoms with Crippen molar-refractivity contribution in [3.05, 3.63) is 0 Å². The number of nitriles is 1. The molecule has 0 spiro atoms. The fourth-order valence-corrected chi connectivity index (χ4v) is 1.71. The quantitative estimate of drug-likeness (QED) is 0.677. The fourth-order valence-electron chi connectivity index (χ4n) is 1.71. The number of halogens is 2. The van der Waals surface area contributed by atoms with E-state index in [1.807, 2.05) is 13.0 Å². The maximum absolute atomic E-state index is 12.8. The maximum atomic E-state index is 12.8. The first kappa shape index (κ1) is 10.4. The molecular weight excluding hydrogens is 174 g/mol. The third-order valence-corrected chi connectivity index (χ3v) is 2.51. The van der Waals surface area contributed by atoms with Gasteiger partial charge in [-0.15, -0.1) is 0 Å². The molecule has 0 saturated carbocycles. The van der Waals surface area contributed by atoms with Crippen molar-refractivity contribution in [2.45, 2.75) is 38.2 Å². The van der Waals surface area contributed by atoms with Gasteiger partial charge in [-0.25, -0.2) is 8.78 Å². The van der Waals surface area contributed by atoms with Crippen molar-refractivity contribution in [2.24, 2.45) is 0 Å². The third-order valence-electron chi connectivity index (χ3n) is 2.51. The molecule has 0 aromatic heterocycles. The van der Waals surface area contributed by atoms with E-state index in [9.17, 15) is 8.78 Å². The molecular formula is C9H14F2N2. The summed E-state index contributed by atoms with van der Waals surface area (Å²) in [5.41, 5.74) is 0. The average molecular weight is 188 g/mol. The molecule has 0 N–H and O–H groups in total. The molecule has 74 valence electrons. The first-order valence-electron chi connectivity index (χ1n) is 4.58. The van der Waals surface area contributed by atoms with Crippen LogP contribution in [-0.2, 0) is 0 Å². The minimum Gasteiger partial charge on any atom is -0.293 e. The molecule has 1 saturated heterocycles. The third kappa shape index (κ3) is 2.63. The molecule has 1 aliphatic heterocycles. The molecule has 0 radical (unpaired) electrons. The van der Waals surface area contributed by atoms with Gasteiger partial charge >= 0.3 is 0 Å². The molecule has 0 aromatic carbocycles. The van der Waals surface area contributed by atoms with Crippen LogP contribution in [-0.4, -0.2) is 30.0 Å². The predicted octanol–water partition coefficient (Wildman–Crippen LogP) is 2.02. The Labute approximate surface area is 77.1 Å². The molecule has 1 fully saturated rings. The van der Waals surface area contributed by atoms with Crippen LogP contribution >= 0.6 is 0 Å². The Hall–Kier alpha value is -0.690. The van der Waals surface area contributed by atoms with E-state index in [1.165, 1.54) is 0 Å². The van der Waals surface area contributed by atoms with E-state index in [4.69, 9.17) is 5.26 Å². The Kier molecular flexibility index (Phi) is 3.21. The number of rotatable bonds is 3. The van der Waals surface area contributed by atoms with Crippen molar-refractivity contribution in [2.75, 3.05) is 13.1 Å². The summed E-state index contributed by atoms with van der Waals surface area (Å²) in [6, 6.07) is 2.05. The first-order chi connectivity index (χ1) is 6.09. The maximum Gasteiger partial charge on any atom is 0.261 e. The molecule has 1 atom stereocenters. The van der Waals surface area contributed by atoms with Gasteiger partial charge in [0.2, 0.25) is 0 Å². The second-order valence-electron chi connectivity index (χ2n) is 3.50. The second-order valence-corrected chi connectivity index (χ2v) is 3.50. The monoisotopic (exact) mass is 188 g/mol. The largest absolute Gasteiger partial charge is 0.293 e. The number of likely N-dealkylation sites (tertiary alicyclic amines) is 1. The summed E-state index contributed by atoms with van der Waals surface area (Å²) in [4.78, 5) is 1.73. The summed E-state index contributed by atoms with van der Waals surface area (Å²) in [6.45, 7) is 2.18. The molecule has 1 heterocycles. The summed E-state index contributed by atoms with van der Waals surface area (Å²) in [6.07, 6.45) is 1.06. The first-order valence-corrected chi connectivity index (χ1v) is 4.58. The van der Waals surface area contributed by atoms with Crippen LogP contribution in [0.25, 0.3) is 0 Å². The number of hydrogen-bond donors (Lipinski definition) is 0. The van der Waals surface area contributed by atoms with Crippen LogP contribution in [0.15, 0.2) is 0 Å². The van der Waals surface area contributed by atoms with Crippen LogP contribution in [0.1, 0.15) is 26.2 Å². The highest BCUT2D eigenvalue weighted by Gasteiger charge is 2.40. The van der Waals surface area contributed by atoms with Crippen LogP contribution in [0.5, 0.6) is 0 Å². The topological polar surface area (TPSA) is 27.0 Å². The Bertz CT molecular complexity index is 210. The van der Waals surface area contributed by atoms with E-state index in [0.717, 1.165) is 6.42 Å². The zero-order valence-corrected chi connectivity index (χ0v) is 7.76. The zero-order valence-electron chi connectivity index (χ0n) is 7.76. The van der Waals surface area contributed by atoms with Crippen LogP contribution in [0.3, 0.4) is 0 Å². The predicted molar refractivity (Wildman–Crippen MR) is 45.4 cm³/mol. The number of alkyl halides is 2. The van der Waals surface area contributed by atoms with Crippen molar-refractivity contribution >= 4 is 0 Å². The average Bonchev–Trinajstić information content (AvgIpc) is 2.42. The molecule has 0 aliphatic carbocycles. The smallest absolute Gasteiger partial charge is 0.261 e. The van der Waals surface area contributed by atoms with Crippen LogP contribution in [0, 0.1) is 11.3 Å². The molecule has 1 rings (SSSR count). The van der Waals surface area contributed by atoms with Crippen molar-refractivity contribution in [3.8, 4) is 6.07 Å². The molecule has 0 aromatic rings. The lowest BCUT2D eigenvalue weighted by molar-refractivity contribution is 0.00759. The molecule has 1 aliphatic rings. The van der Waals surface area contributed by atoms with Gasteiger partial charge < -0.3 is 0 Å². The van der Waals surface area contributed by atoms with Gasteiger partial charge in [0.25, 0.3) is 5.92 Å². The standard InChI is InChI=1S/C9H14F2N2/c1-2-8(3-5-12)13-6-4-9(10,11)7-13/h8H,2-4,6-7H2,1H3. The van der Waals surface area contributed by atoms with Crippen molar-refractivity contribution in [1.29, 1.82) is 5.26 Å². The Morgan fingerprint density at radius 3 is 2.69 bits per heavy atom. The van der Waals surface area contributed by atoms with Gasteiger partial charge in [0.15, 0.2) is 0 Å². The SMILES string of the molecule is CCC(CC#N)N1CCC(F)(F)C1. The van der Waals surface area contributed by atoms with Gasteiger partial charge in [0, 0.05) is 19.0 Å². The minimum absolute atomic E-state index is 0.0124. The minimum atomic E-state index is -2.54. The van der Waals surface area contributed by atoms with Gasteiger partial charge in [-0.1, -0.05) is 6.92 Å². The molecule has 2 nitrogen and oxygen atoms in total. The lowest BCUT2D eigenvalue weighted by Gasteiger charge is -2.23. The number of nitrogens with zero attached hydrogens (tertiary/aromatic N) is 2. The Morgan fingerprint density at radius 1 is 1.62 bits per heavy atom. The molecule has 0 amide bonds. The van der Waals surface area contributed by atoms with Crippen molar-refractivity contribution in [1.82, 2.24) is 4.90 Å². The van der Waals surface area contributed by atoms with E-state index >= 15 is 0 Å². The van der Waals surface area contributed by atoms with E-state index in [0.29, 0.717) is 13.0 Å². The highest BCUT2D eigenvalue weighted by molar-refractivity contribution is 4.89. The highest BCUT2D eigenvalue weighted by atomic mass is 19.3. The number of hydrogen-bond acceptors (Lipinski definition) is 2. The van der Waals surface area contributed by atoms with Gasteiger partial charge in [-0.05, 0) is 6.42 Å². The van der Waals surface area contributed by atoms with Gasteiger partial charge in [-0.2, -0.15) is 5.26 Å². The van der Waals surface area contributed by atoms with Gasteiger partial charge in [-0.3, -0.25) is 4.90 Å². The summed E-state index contributed by atoms with van der Waals surface area (Å²) in [5, 5.41) is 8.49. The lowest BCUT2D eigenvalue weighted by atomic mass is 10.1. The lowest BCUT2D eigenvalue weighted by Crippen LogP contribution is -2.34. The van der Waals surface area contributed by atoms with Crippen LogP contribution < -0.4 is 0 Å². The van der Waals surface area contributed by atoms with Crippen molar-refractivity contribution < 1.29 is 8.78 Å². The van der Waals surface area contributed by atoms with E-state index in [2.05, 4.69) is 0 Å². The highest BCUT2D eigenvalue weighted by Crippen LogP contribution is 2.29. The normalized spacial score (nSPS) is 24.2. The Morgan fingerprint density at radius 2 is 2.31 bits per heavy atom. The van der Waals surface area contributed by atoms with Crippen LogP contribution in [0.2, 0.25) is 0 Å². The van der Waals surface area contributed by atoms with E-state index in [-0.39, 0.29) is 19.0 Å². The summed E-state index contributed by atoms with van der Waals surface area (Å²) in [5.74, 6) is -2.54. The molecule has 1 unspecified atom stereocenters. The Balaban J connectivity index is 2.49. The summed E-state index contributed by atoms with van der Waals surface area (Å²) >= 11 is 0. The summed E-state index contributed by atoms with van der Waals surface area (Å²) in [7, 11) is 0. The fraction of sp³-hybridized carbons (Fsp3) is 0.889.